The fraction of sp³-hybridized carbons (Fsp3) is 0.333. The van der Waals surface area contributed by atoms with Crippen molar-refractivity contribution < 1.29 is 4.79 Å². The summed E-state index contributed by atoms with van der Waals surface area (Å²) < 4.78 is 1.78. The minimum absolute atomic E-state index is 0.128. The first kappa shape index (κ1) is 13.4. The average molecular weight is 313 g/mol. The normalized spacial score (nSPS) is 18.7. The number of aromatic nitrogens is 4. The fourth-order valence-electron chi connectivity index (χ4n) is 3.02. The molecule has 1 aliphatic heterocycles. The van der Waals surface area contributed by atoms with Crippen LogP contribution in [0.15, 0.2) is 36.1 Å². The number of thiophene rings is 1. The summed E-state index contributed by atoms with van der Waals surface area (Å²) in [5, 5.41) is 6.20. The number of carbonyl (C=O) groups is 1. The van der Waals surface area contributed by atoms with Gasteiger partial charge in [0.15, 0.2) is 0 Å². The highest BCUT2D eigenvalue weighted by atomic mass is 32.1. The molecule has 7 heteroatoms. The molecule has 0 aromatic carbocycles. The van der Waals surface area contributed by atoms with E-state index in [1.165, 1.54) is 17.7 Å². The van der Waals surface area contributed by atoms with Gasteiger partial charge in [0.05, 0.1) is 10.6 Å². The van der Waals surface area contributed by atoms with Crippen molar-refractivity contribution in [1.82, 2.24) is 24.5 Å². The lowest BCUT2D eigenvalue weighted by atomic mass is 9.94. The predicted octanol–water partition coefficient (Wildman–Crippen LogP) is 2.21. The summed E-state index contributed by atoms with van der Waals surface area (Å²) in [6.07, 6.45) is 5.33. The molecule has 0 aliphatic carbocycles. The molecule has 112 valence electrons. The SMILES string of the molecule is O=C(c1cccs1)N1CCCC(c2ccnc3ncnn23)C1. The Kier molecular flexibility index (Phi) is 3.34. The summed E-state index contributed by atoms with van der Waals surface area (Å²) in [6.45, 7) is 1.54. The zero-order valence-electron chi connectivity index (χ0n) is 11.9. The quantitative estimate of drug-likeness (QED) is 0.727. The van der Waals surface area contributed by atoms with Crippen LogP contribution in [0.3, 0.4) is 0 Å². The third kappa shape index (κ3) is 2.27. The number of likely N-dealkylation sites (tertiary alicyclic amines) is 1. The topological polar surface area (TPSA) is 63.4 Å². The first-order chi connectivity index (χ1) is 10.8. The summed E-state index contributed by atoms with van der Waals surface area (Å²) in [5.74, 6) is 1.01. The Bertz CT molecular complexity index is 797. The summed E-state index contributed by atoms with van der Waals surface area (Å²) in [4.78, 5) is 23.6. The van der Waals surface area contributed by atoms with Gasteiger partial charge in [0, 0.05) is 25.2 Å². The number of carbonyl (C=O) groups excluding carboxylic acids is 1. The van der Waals surface area contributed by atoms with Gasteiger partial charge in [-0.05, 0) is 30.4 Å². The predicted molar refractivity (Wildman–Crippen MR) is 83.0 cm³/mol. The van der Waals surface area contributed by atoms with Crippen LogP contribution >= 0.6 is 11.3 Å². The first-order valence-corrected chi connectivity index (χ1v) is 8.18. The van der Waals surface area contributed by atoms with Crippen LogP contribution < -0.4 is 0 Å². The Hall–Kier alpha value is -2.28. The molecule has 3 aromatic heterocycles. The lowest BCUT2D eigenvalue weighted by molar-refractivity contribution is 0.0710. The summed E-state index contributed by atoms with van der Waals surface area (Å²) in [6, 6.07) is 5.78. The Balaban J connectivity index is 1.61. The largest absolute Gasteiger partial charge is 0.337 e. The number of hydrogen-bond donors (Lipinski definition) is 0. The Morgan fingerprint density at radius 1 is 1.32 bits per heavy atom. The Morgan fingerprint density at radius 2 is 2.27 bits per heavy atom. The minimum atomic E-state index is 0.128. The molecule has 1 saturated heterocycles. The third-order valence-electron chi connectivity index (χ3n) is 4.07. The molecule has 0 saturated carbocycles. The van der Waals surface area contributed by atoms with E-state index in [2.05, 4.69) is 15.1 Å². The highest BCUT2D eigenvalue weighted by Crippen LogP contribution is 2.28. The maximum absolute atomic E-state index is 12.5. The van der Waals surface area contributed by atoms with Crippen molar-refractivity contribution in [3.05, 3.63) is 46.7 Å². The highest BCUT2D eigenvalue weighted by Gasteiger charge is 2.27. The molecular weight excluding hydrogens is 298 g/mol. The van der Waals surface area contributed by atoms with Gasteiger partial charge in [0.2, 0.25) is 0 Å². The van der Waals surface area contributed by atoms with Crippen molar-refractivity contribution in [2.75, 3.05) is 13.1 Å². The molecule has 1 aliphatic rings. The van der Waals surface area contributed by atoms with Crippen LogP contribution in [0.1, 0.15) is 34.1 Å². The summed E-state index contributed by atoms with van der Waals surface area (Å²) in [5.41, 5.74) is 1.08. The third-order valence-corrected chi connectivity index (χ3v) is 4.93. The molecular formula is C15H15N5OS. The van der Waals surface area contributed by atoms with E-state index in [0.29, 0.717) is 5.78 Å². The van der Waals surface area contributed by atoms with E-state index in [0.717, 1.165) is 36.5 Å². The zero-order valence-corrected chi connectivity index (χ0v) is 12.7. The van der Waals surface area contributed by atoms with Crippen LogP contribution in [0.2, 0.25) is 0 Å². The second-order valence-electron chi connectivity index (χ2n) is 5.41. The number of hydrogen-bond acceptors (Lipinski definition) is 5. The van der Waals surface area contributed by atoms with E-state index >= 15 is 0 Å². The van der Waals surface area contributed by atoms with Crippen LogP contribution in [0.5, 0.6) is 0 Å². The molecule has 0 bridgehead atoms. The molecule has 4 rings (SSSR count). The van der Waals surface area contributed by atoms with E-state index in [1.54, 1.807) is 10.7 Å². The number of amides is 1. The van der Waals surface area contributed by atoms with Crippen LogP contribution in [0, 0.1) is 0 Å². The molecule has 1 fully saturated rings. The molecule has 1 amide bonds. The van der Waals surface area contributed by atoms with Gasteiger partial charge in [-0.2, -0.15) is 10.1 Å². The van der Waals surface area contributed by atoms with Gasteiger partial charge >= 0.3 is 0 Å². The number of fused-ring (bicyclic) bond motifs is 1. The molecule has 0 radical (unpaired) electrons. The van der Waals surface area contributed by atoms with E-state index in [-0.39, 0.29) is 11.8 Å². The lowest BCUT2D eigenvalue weighted by Gasteiger charge is -2.32. The smallest absolute Gasteiger partial charge is 0.263 e. The number of rotatable bonds is 2. The van der Waals surface area contributed by atoms with Gasteiger partial charge < -0.3 is 4.90 Å². The summed E-state index contributed by atoms with van der Waals surface area (Å²) >= 11 is 1.50. The fourth-order valence-corrected chi connectivity index (χ4v) is 3.72. The number of piperidine rings is 1. The second kappa shape index (κ2) is 5.49. The maximum atomic E-state index is 12.5. The van der Waals surface area contributed by atoms with E-state index in [1.807, 2.05) is 28.5 Å². The van der Waals surface area contributed by atoms with Gasteiger partial charge in [0.1, 0.15) is 6.33 Å². The zero-order chi connectivity index (χ0) is 14.9. The average Bonchev–Trinajstić information content (AvgIpc) is 3.25. The Labute approximate surface area is 131 Å². The second-order valence-corrected chi connectivity index (χ2v) is 6.36. The molecule has 0 spiro atoms. The summed E-state index contributed by atoms with van der Waals surface area (Å²) in [7, 11) is 0. The van der Waals surface area contributed by atoms with Gasteiger partial charge in [-0.1, -0.05) is 6.07 Å². The van der Waals surface area contributed by atoms with Gasteiger partial charge in [0.25, 0.3) is 11.7 Å². The molecule has 22 heavy (non-hydrogen) atoms. The molecule has 1 unspecified atom stereocenters. The van der Waals surface area contributed by atoms with Crippen molar-refractivity contribution in [2.45, 2.75) is 18.8 Å². The van der Waals surface area contributed by atoms with Crippen molar-refractivity contribution in [3.63, 3.8) is 0 Å². The Morgan fingerprint density at radius 3 is 3.14 bits per heavy atom. The standard InChI is InChI=1S/C15H15N5OS/c21-14(13-4-2-8-22-13)19-7-1-3-11(9-19)12-5-6-16-15-17-10-18-20(12)15/h2,4-6,8,10-11H,1,3,7,9H2. The monoisotopic (exact) mass is 313 g/mol. The van der Waals surface area contributed by atoms with E-state index < -0.39 is 0 Å². The molecule has 4 heterocycles. The minimum Gasteiger partial charge on any atom is -0.337 e. The van der Waals surface area contributed by atoms with E-state index in [4.69, 9.17) is 0 Å². The van der Waals surface area contributed by atoms with Gasteiger partial charge in [-0.25, -0.2) is 9.50 Å². The first-order valence-electron chi connectivity index (χ1n) is 7.30. The van der Waals surface area contributed by atoms with Crippen LogP contribution in [0.4, 0.5) is 0 Å². The van der Waals surface area contributed by atoms with Crippen molar-refractivity contribution in [1.29, 1.82) is 0 Å². The maximum Gasteiger partial charge on any atom is 0.263 e. The van der Waals surface area contributed by atoms with Crippen LogP contribution in [-0.4, -0.2) is 43.5 Å². The highest BCUT2D eigenvalue weighted by molar-refractivity contribution is 7.12. The van der Waals surface area contributed by atoms with Crippen molar-refractivity contribution in [2.24, 2.45) is 0 Å². The molecule has 0 N–H and O–H groups in total. The van der Waals surface area contributed by atoms with E-state index in [9.17, 15) is 4.79 Å². The van der Waals surface area contributed by atoms with Crippen LogP contribution in [-0.2, 0) is 0 Å². The molecule has 1 atom stereocenters. The van der Waals surface area contributed by atoms with Crippen molar-refractivity contribution in [3.8, 4) is 0 Å². The van der Waals surface area contributed by atoms with Crippen LogP contribution in [0.25, 0.3) is 5.78 Å². The number of nitrogens with zero attached hydrogens (tertiary/aromatic N) is 5. The van der Waals surface area contributed by atoms with Gasteiger partial charge in [-0.3, -0.25) is 4.79 Å². The van der Waals surface area contributed by atoms with Crippen molar-refractivity contribution >= 4 is 23.0 Å². The van der Waals surface area contributed by atoms with Gasteiger partial charge in [-0.15, -0.1) is 11.3 Å². The molecule has 3 aromatic rings. The lowest BCUT2D eigenvalue weighted by Crippen LogP contribution is -2.39. The molecule has 6 nitrogen and oxygen atoms in total.